The molecule has 1 aromatic carbocycles. The minimum Gasteiger partial charge on any atom is -0.378 e. The van der Waals surface area contributed by atoms with Gasteiger partial charge in [0.2, 0.25) is 15.9 Å². The highest BCUT2D eigenvalue weighted by atomic mass is 32.2. The summed E-state index contributed by atoms with van der Waals surface area (Å²) in [7, 11) is -3.54. The molecule has 1 fully saturated rings. The van der Waals surface area contributed by atoms with Crippen LogP contribution in [-0.4, -0.2) is 46.4 Å². The molecule has 6 nitrogen and oxygen atoms in total. The van der Waals surface area contributed by atoms with Crippen LogP contribution in [0.1, 0.15) is 57.4 Å². The van der Waals surface area contributed by atoms with Gasteiger partial charge in [0.25, 0.3) is 0 Å². The summed E-state index contributed by atoms with van der Waals surface area (Å²) in [6.45, 7) is 5.04. The van der Waals surface area contributed by atoms with Crippen molar-refractivity contribution in [3.8, 4) is 0 Å². The van der Waals surface area contributed by atoms with E-state index in [-0.39, 0.29) is 12.5 Å². The molecule has 0 aliphatic heterocycles. The number of hydrogen-bond acceptors (Lipinski definition) is 4. The van der Waals surface area contributed by atoms with Crippen LogP contribution >= 0.6 is 0 Å². The number of hydrogen-bond donors (Lipinski definition) is 1. The molecular formula is C20H32N2O4S. The van der Waals surface area contributed by atoms with Crippen LogP contribution in [0.5, 0.6) is 0 Å². The molecule has 0 heterocycles. The minimum absolute atomic E-state index is 0.219. The van der Waals surface area contributed by atoms with Crippen molar-refractivity contribution in [2.24, 2.45) is 0 Å². The van der Waals surface area contributed by atoms with E-state index in [9.17, 15) is 13.2 Å². The second-order valence-electron chi connectivity index (χ2n) is 7.50. The summed E-state index contributed by atoms with van der Waals surface area (Å²) in [5.41, 5.74) is 1.63. The Kier molecular flexibility index (Phi) is 8.10. The Bertz CT molecular complexity index is 695. The molecule has 0 unspecified atom stereocenters. The van der Waals surface area contributed by atoms with E-state index in [1.807, 2.05) is 12.1 Å². The van der Waals surface area contributed by atoms with Crippen molar-refractivity contribution in [2.75, 3.05) is 30.3 Å². The number of carbonyl (C=O) groups is 1. The molecule has 0 radical (unpaired) electrons. The smallest absolute Gasteiger partial charge is 0.240 e. The first kappa shape index (κ1) is 21.7. The van der Waals surface area contributed by atoms with Crippen molar-refractivity contribution >= 4 is 21.6 Å². The molecule has 1 amide bonds. The fourth-order valence-corrected chi connectivity index (χ4v) is 4.07. The average molecular weight is 397 g/mol. The van der Waals surface area contributed by atoms with E-state index in [2.05, 4.69) is 19.2 Å². The summed E-state index contributed by atoms with van der Waals surface area (Å²) in [6.07, 6.45) is 6.95. The Morgan fingerprint density at radius 1 is 1.22 bits per heavy atom. The third kappa shape index (κ3) is 7.14. The first-order valence-corrected chi connectivity index (χ1v) is 11.6. The van der Waals surface area contributed by atoms with Gasteiger partial charge in [-0.15, -0.1) is 0 Å². The molecule has 2 rings (SSSR count). The molecule has 7 heteroatoms. The number of amides is 1. The third-order valence-corrected chi connectivity index (χ3v) is 5.97. The lowest BCUT2D eigenvalue weighted by atomic mass is 10.0. The predicted molar refractivity (Wildman–Crippen MR) is 109 cm³/mol. The SMILES string of the molecule is CC(C)c1ccc(N(CC(=O)NCCCOC2CCCC2)S(C)(=O)=O)cc1. The van der Waals surface area contributed by atoms with E-state index >= 15 is 0 Å². The number of ether oxygens (including phenoxy) is 1. The molecule has 0 saturated heterocycles. The Balaban J connectivity index is 1.83. The van der Waals surface area contributed by atoms with Gasteiger partial charge in [-0.05, 0) is 42.9 Å². The third-order valence-electron chi connectivity index (χ3n) is 4.83. The molecule has 1 N–H and O–H groups in total. The monoisotopic (exact) mass is 396 g/mol. The number of rotatable bonds is 10. The second-order valence-corrected chi connectivity index (χ2v) is 9.40. The van der Waals surface area contributed by atoms with E-state index in [1.54, 1.807) is 12.1 Å². The van der Waals surface area contributed by atoms with Crippen LogP contribution in [0.3, 0.4) is 0 Å². The Morgan fingerprint density at radius 3 is 2.41 bits per heavy atom. The maximum atomic E-state index is 12.2. The van der Waals surface area contributed by atoms with Crippen LogP contribution in [0, 0.1) is 0 Å². The predicted octanol–water partition coefficient (Wildman–Crippen LogP) is 3.04. The van der Waals surface area contributed by atoms with Crippen LogP contribution in [0.4, 0.5) is 5.69 Å². The van der Waals surface area contributed by atoms with E-state index < -0.39 is 10.0 Å². The van der Waals surface area contributed by atoms with Gasteiger partial charge >= 0.3 is 0 Å². The summed E-state index contributed by atoms with van der Waals surface area (Å²) in [5, 5.41) is 2.78. The van der Waals surface area contributed by atoms with Gasteiger partial charge in [0.1, 0.15) is 6.54 Å². The van der Waals surface area contributed by atoms with Crippen molar-refractivity contribution in [3.05, 3.63) is 29.8 Å². The zero-order valence-corrected chi connectivity index (χ0v) is 17.4. The number of anilines is 1. The molecule has 0 bridgehead atoms. The molecule has 152 valence electrons. The highest BCUT2D eigenvalue weighted by molar-refractivity contribution is 7.92. The van der Waals surface area contributed by atoms with Crippen molar-refractivity contribution in [1.29, 1.82) is 0 Å². The Hall–Kier alpha value is -1.60. The summed E-state index contributed by atoms with van der Waals surface area (Å²) in [5.74, 6) is 0.0507. The summed E-state index contributed by atoms with van der Waals surface area (Å²) in [6, 6.07) is 7.30. The van der Waals surface area contributed by atoms with Gasteiger partial charge in [0.15, 0.2) is 0 Å². The first-order chi connectivity index (χ1) is 12.8. The molecule has 1 aromatic rings. The van der Waals surface area contributed by atoms with Crippen LogP contribution < -0.4 is 9.62 Å². The molecule has 1 saturated carbocycles. The van der Waals surface area contributed by atoms with Crippen molar-refractivity contribution in [3.63, 3.8) is 0 Å². The molecule has 1 aliphatic rings. The van der Waals surface area contributed by atoms with Crippen LogP contribution in [0.2, 0.25) is 0 Å². The van der Waals surface area contributed by atoms with Crippen LogP contribution in [-0.2, 0) is 19.6 Å². The van der Waals surface area contributed by atoms with Crippen LogP contribution in [0.15, 0.2) is 24.3 Å². The Labute approximate surface area is 163 Å². The summed E-state index contributed by atoms with van der Waals surface area (Å²) < 4.78 is 31.2. The Morgan fingerprint density at radius 2 is 1.85 bits per heavy atom. The van der Waals surface area contributed by atoms with Crippen molar-refractivity contribution in [1.82, 2.24) is 5.32 Å². The lowest BCUT2D eigenvalue weighted by molar-refractivity contribution is -0.119. The van der Waals surface area contributed by atoms with E-state index in [0.717, 1.165) is 35.4 Å². The van der Waals surface area contributed by atoms with Gasteiger partial charge in [0, 0.05) is 13.2 Å². The van der Waals surface area contributed by atoms with E-state index in [4.69, 9.17) is 4.74 Å². The fourth-order valence-electron chi connectivity index (χ4n) is 3.22. The van der Waals surface area contributed by atoms with Gasteiger partial charge < -0.3 is 10.1 Å². The van der Waals surface area contributed by atoms with E-state index in [0.29, 0.717) is 30.9 Å². The molecule has 27 heavy (non-hydrogen) atoms. The topological polar surface area (TPSA) is 75.7 Å². The minimum atomic E-state index is -3.54. The lowest BCUT2D eigenvalue weighted by Crippen LogP contribution is -2.40. The second kappa shape index (κ2) is 10.1. The highest BCUT2D eigenvalue weighted by Gasteiger charge is 2.21. The summed E-state index contributed by atoms with van der Waals surface area (Å²) >= 11 is 0. The maximum Gasteiger partial charge on any atom is 0.240 e. The van der Waals surface area contributed by atoms with Gasteiger partial charge in [-0.1, -0.05) is 38.8 Å². The molecule has 1 aliphatic carbocycles. The normalized spacial score (nSPS) is 15.3. The fraction of sp³-hybridized carbons (Fsp3) is 0.650. The number of nitrogens with one attached hydrogen (secondary N) is 1. The number of carbonyl (C=O) groups excluding carboxylic acids is 1. The first-order valence-electron chi connectivity index (χ1n) is 9.73. The van der Waals surface area contributed by atoms with Crippen molar-refractivity contribution < 1.29 is 17.9 Å². The quantitative estimate of drug-likeness (QED) is 0.617. The molecule has 0 atom stereocenters. The number of sulfonamides is 1. The van der Waals surface area contributed by atoms with Gasteiger partial charge in [-0.25, -0.2) is 8.42 Å². The number of benzene rings is 1. The van der Waals surface area contributed by atoms with Gasteiger partial charge in [0.05, 0.1) is 18.0 Å². The highest BCUT2D eigenvalue weighted by Crippen LogP contribution is 2.22. The van der Waals surface area contributed by atoms with Gasteiger partial charge in [-0.2, -0.15) is 0 Å². The average Bonchev–Trinajstić information content (AvgIpc) is 3.12. The van der Waals surface area contributed by atoms with Crippen LogP contribution in [0.25, 0.3) is 0 Å². The number of nitrogens with zero attached hydrogens (tertiary/aromatic N) is 1. The van der Waals surface area contributed by atoms with Gasteiger partial charge in [-0.3, -0.25) is 9.10 Å². The molecule has 0 spiro atoms. The zero-order valence-electron chi connectivity index (χ0n) is 16.6. The largest absolute Gasteiger partial charge is 0.378 e. The molecular weight excluding hydrogens is 364 g/mol. The van der Waals surface area contributed by atoms with Crippen molar-refractivity contribution in [2.45, 2.75) is 58.0 Å². The van der Waals surface area contributed by atoms with E-state index in [1.165, 1.54) is 12.8 Å². The maximum absolute atomic E-state index is 12.2. The standard InChI is InChI=1S/C20H32N2O4S/c1-16(2)17-9-11-18(12-10-17)22(27(3,24)25)15-20(23)21-13-6-14-26-19-7-4-5-8-19/h9-12,16,19H,4-8,13-15H2,1-3H3,(H,21,23). The lowest BCUT2D eigenvalue weighted by Gasteiger charge is -2.22. The zero-order chi connectivity index (χ0) is 19.9. The summed E-state index contributed by atoms with van der Waals surface area (Å²) in [4.78, 5) is 12.2. The molecule has 0 aromatic heterocycles.